The Bertz CT molecular complexity index is 506. The fourth-order valence-corrected chi connectivity index (χ4v) is 3.57. The van der Waals surface area contributed by atoms with Crippen LogP contribution in [0, 0.1) is 5.92 Å². The lowest BCUT2D eigenvalue weighted by Gasteiger charge is -2.27. The molecule has 1 aliphatic heterocycles. The summed E-state index contributed by atoms with van der Waals surface area (Å²) >= 11 is 0. The lowest BCUT2D eigenvalue weighted by Crippen LogP contribution is -2.50. The first kappa shape index (κ1) is 17.3. The molecule has 22 heavy (non-hydrogen) atoms. The van der Waals surface area contributed by atoms with Gasteiger partial charge >= 0.3 is 0 Å². The van der Waals surface area contributed by atoms with Crippen LogP contribution in [0.4, 0.5) is 0 Å². The fraction of sp³-hybridized carbons (Fsp3) is 0.611. The van der Waals surface area contributed by atoms with Gasteiger partial charge in [0.2, 0.25) is 5.91 Å². The Balaban J connectivity index is 0.00000176. The predicted molar refractivity (Wildman–Crippen MR) is 92.2 cm³/mol. The standard InChI is InChI=1S/C18H26N2O.ClH/c1-13-5-4-8-16(10-9-13)20-18(21)17-11-14-6-2-3-7-15(14)12-19-17;/h2-3,6-7,13,16-17,19H,4-5,8-12H2,1H3,(H,20,21);1H. The number of carbonyl (C=O) groups excluding carboxylic acids is 1. The molecule has 4 heteroatoms. The molecule has 3 nitrogen and oxygen atoms in total. The van der Waals surface area contributed by atoms with Crippen LogP contribution in [-0.4, -0.2) is 18.0 Å². The molecule has 2 N–H and O–H groups in total. The Morgan fingerprint density at radius 2 is 1.91 bits per heavy atom. The highest BCUT2D eigenvalue weighted by molar-refractivity contribution is 5.85. The van der Waals surface area contributed by atoms with Gasteiger partial charge in [-0.1, -0.05) is 44.0 Å². The summed E-state index contributed by atoms with van der Waals surface area (Å²) in [5.74, 6) is 0.996. The van der Waals surface area contributed by atoms with E-state index >= 15 is 0 Å². The van der Waals surface area contributed by atoms with Crippen molar-refractivity contribution in [2.45, 2.75) is 64.1 Å². The number of halogens is 1. The van der Waals surface area contributed by atoms with Crippen molar-refractivity contribution in [2.24, 2.45) is 5.92 Å². The Morgan fingerprint density at radius 3 is 2.73 bits per heavy atom. The van der Waals surface area contributed by atoms with Gasteiger partial charge in [0.25, 0.3) is 0 Å². The van der Waals surface area contributed by atoms with Gasteiger partial charge in [0.15, 0.2) is 0 Å². The molecule has 0 saturated heterocycles. The molecule has 3 unspecified atom stereocenters. The molecule has 3 rings (SSSR count). The number of amides is 1. The minimum absolute atomic E-state index is 0. The van der Waals surface area contributed by atoms with E-state index in [0.29, 0.717) is 6.04 Å². The van der Waals surface area contributed by atoms with Crippen molar-refractivity contribution in [3.63, 3.8) is 0 Å². The minimum Gasteiger partial charge on any atom is -0.352 e. The Labute approximate surface area is 139 Å². The second-order valence-electron chi connectivity index (χ2n) is 6.73. The van der Waals surface area contributed by atoms with Crippen LogP contribution < -0.4 is 10.6 Å². The number of hydrogen-bond donors (Lipinski definition) is 2. The topological polar surface area (TPSA) is 41.1 Å². The van der Waals surface area contributed by atoms with E-state index in [1.54, 1.807) is 0 Å². The van der Waals surface area contributed by atoms with Crippen LogP contribution in [0.1, 0.15) is 50.2 Å². The molecular formula is C18H27ClN2O. The Hall–Kier alpha value is -1.06. The van der Waals surface area contributed by atoms with Gasteiger partial charge in [-0.3, -0.25) is 4.79 Å². The monoisotopic (exact) mass is 322 g/mol. The molecule has 1 fully saturated rings. The summed E-state index contributed by atoms with van der Waals surface area (Å²) in [7, 11) is 0. The SMILES string of the molecule is CC1CCCC(NC(=O)C2Cc3ccccc3CN2)CC1.Cl. The smallest absolute Gasteiger partial charge is 0.237 e. The first-order valence-electron chi connectivity index (χ1n) is 8.33. The van der Waals surface area contributed by atoms with Crippen molar-refractivity contribution < 1.29 is 4.79 Å². The summed E-state index contributed by atoms with van der Waals surface area (Å²) in [6.45, 7) is 3.12. The van der Waals surface area contributed by atoms with Gasteiger partial charge in [-0.05, 0) is 42.7 Å². The quantitative estimate of drug-likeness (QED) is 0.821. The van der Waals surface area contributed by atoms with Gasteiger partial charge in [-0.15, -0.1) is 12.4 Å². The molecule has 1 aromatic rings. The van der Waals surface area contributed by atoms with E-state index in [9.17, 15) is 4.79 Å². The number of nitrogens with one attached hydrogen (secondary N) is 2. The molecule has 3 atom stereocenters. The van der Waals surface area contributed by atoms with Crippen LogP contribution in [-0.2, 0) is 17.8 Å². The minimum atomic E-state index is -0.0689. The number of hydrogen-bond acceptors (Lipinski definition) is 2. The van der Waals surface area contributed by atoms with Crippen molar-refractivity contribution in [1.82, 2.24) is 10.6 Å². The molecule has 1 amide bonds. The van der Waals surface area contributed by atoms with E-state index in [4.69, 9.17) is 0 Å². The van der Waals surface area contributed by atoms with Crippen molar-refractivity contribution in [1.29, 1.82) is 0 Å². The predicted octanol–water partition coefficient (Wildman–Crippen LogP) is 3.21. The Morgan fingerprint density at radius 1 is 1.14 bits per heavy atom. The second kappa shape index (κ2) is 7.98. The summed E-state index contributed by atoms with van der Waals surface area (Å²) in [6.07, 6.45) is 6.88. The van der Waals surface area contributed by atoms with Crippen LogP contribution in [0.3, 0.4) is 0 Å². The zero-order valence-corrected chi connectivity index (χ0v) is 14.1. The summed E-state index contributed by atoms with van der Waals surface area (Å²) in [6, 6.07) is 8.72. The van der Waals surface area contributed by atoms with E-state index in [-0.39, 0.29) is 24.4 Å². The van der Waals surface area contributed by atoms with E-state index in [2.05, 4.69) is 41.8 Å². The number of carbonyl (C=O) groups is 1. The van der Waals surface area contributed by atoms with E-state index in [1.165, 1.54) is 30.4 Å². The van der Waals surface area contributed by atoms with Gasteiger partial charge in [0.1, 0.15) is 0 Å². The molecule has 0 aromatic heterocycles. The van der Waals surface area contributed by atoms with E-state index in [1.807, 2.05) is 0 Å². The van der Waals surface area contributed by atoms with Crippen LogP contribution >= 0.6 is 12.4 Å². The third-order valence-electron chi connectivity index (χ3n) is 5.00. The average molecular weight is 323 g/mol. The lowest BCUT2D eigenvalue weighted by atomic mass is 9.95. The molecular weight excluding hydrogens is 296 g/mol. The molecule has 1 saturated carbocycles. The second-order valence-corrected chi connectivity index (χ2v) is 6.73. The number of benzene rings is 1. The zero-order valence-electron chi connectivity index (χ0n) is 13.3. The maximum Gasteiger partial charge on any atom is 0.237 e. The molecule has 122 valence electrons. The summed E-state index contributed by atoms with van der Waals surface area (Å²) in [4.78, 5) is 12.5. The van der Waals surface area contributed by atoms with Crippen LogP contribution in [0.5, 0.6) is 0 Å². The maximum atomic E-state index is 12.5. The van der Waals surface area contributed by atoms with Gasteiger partial charge in [-0.2, -0.15) is 0 Å². The summed E-state index contributed by atoms with van der Waals surface area (Å²) in [5, 5.41) is 6.66. The van der Waals surface area contributed by atoms with Crippen molar-refractivity contribution >= 4 is 18.3 Å². The fourth-order valence-electron chi connectivity index (χ4n) is 3.57. The van der Waals surface area contributed by atoms with Gasteiger partial charge < -0.3 is 10.6 Å². The normalized spacial score (nSPS) is 28.0. The van der Waals surface area contributed by atoms with E-state index in [0.717, 1.165) is 31.7 Å². The van der Waals surface area contributed by atoms with E-state index < -0.39 is 0 Å². The van der Waals surface area contributed by atoms with Crippen LogP contribution in [0.15, 0.2) is 24.3 Å². The molecule has 0 bridgehead atoms. The number of rotatable bonds is 2. The highest BCUT2D eigenvalue weighted by Crippen LogP contribution is 2.23. The number of fused-ring (bicyclic) bond motifs is 1. The highest BCUT2D eigenvalue weighted by Gasteiger charge is 2.26. The summed E-state index contributed by atoms with van der Waals surface area (Å²) in [5.41, 5.74) is 2.63. The highest BCUT2D eigenvalue weighted by atomic mass is 35.5. The molecule has 0 radical (unpaired) electrons. The molecule has 1 aliphatic carbocycles. The third-order valence-corrected chi connectivity index (χ3v) is 5.00. The van der Waals surface area contributed by atoms with Crippen LogP contribution in [0.2, 0.25) is 0 Å². The molecule has 0 spiro atoms. The lowest BCUT2D eigenvalue weighted by molar-refractivity contribution is -0.124. The summed E-state index contributed by atoms with van der Waals surface area (Å²) < 4.78 is 0. The van der Waals surface area contributed by atoms with Gasteiger partial charge in [0, 0.05) is 12.6 Å². The first-order chi connectivity index (χ1) is 10.2. The maximum absolute atomic E-state index is 12.5. The average Bonchev–Trinajstić information content (AvgIpc) is 2.71. The van der Waals surface area contributed by atoms with Crippen molar-refractivity contribution in [3.05, 3.63) is 35.4 Å². The first-order valence-corrected chi connectivity index (χ1v) is 8.33. The van der Waals surface area contributed by atoms with Crippen LogP contribution in [0.25, 0.3) is 0 Å². The Kier molecular flexibility index (Phi) is 6.27. The largest absolute Gasteiger partial charge is 0.352 e. The zero-order chi connectivity index (χ0) is 14.7. The van der Waals surface area contributed by atoms with Gasteiger partial charge in [-0.25, -0.2) is 0 Å². The molecule has 1 heterocycles. The van der Waals surface area contributed by atoms with Crippen molar-refractivity contribution in [2.75, 3.05) is 0 Å². The van der Waals surface area contributed by atoms with Gasteiger partial charge in [0.05, 0.1) is 6.04 Å². The van der Waals surface area contributed by atoms with Crippen molar-refractivity contribution in [3.8, 4) is 0 Å². The molecule has 2 aliphatic rings. The molecule has 1 aromatic carbocycles. The third kappa shape index (κ3) is 4.23.